The molecule has 11 heteroatoms. The van der Waals surface area contributed by atoms with Crippen LogP contribution in [0.5, 0.6) is 5.75 Å². The van der Waals surface area contributed by atoms with Crippen LogP contribution in [0.3, 0.4) is 0 Å². The molecule has 0 radical (unpaired) electrons. The molecule has 1 aromatic carbocycles. The number of carboxylic acid groups (broad SMARTS) is 1. The molecular weight excluding hydrogens is 386 g/mol. The van der Waals surface area contributed by atoms with Crippen LogP contribution >= 0.6 is 0 Å². The van der Waals surface area contributed by atoms with Crippen molar-refractivity contribution in [3.05, 3.63) is 35.5 Å². The number of ether oxygens (including phenoxy) is 1. The summed E-state index contributed by atoms with van der Waals surface area (Å²) in [6.07, 6.45) is 3.40. The van der Waals surface area contributed by atoms with Crippen LogP contribution in [0.1, 0.15) is 35.7 Å². The maximum atomic E-state index is 12.8. The zero-order valence-corrected chi connectivity index (χ0v) is 15.6. The maximum Gasteiger partial charge on any atom is 0.387 e. The summed E-state index contributed by atoms with van der Waals surface area (Å²) >= 11 is 0. The first kappa shape index (κ1) is 20.2. The fraction of sp³-hybridized carbons (Fsp3) is 0.333. The van der Waals surface area contributed by atoms with Gasteiger partial charge >= 0.3 is 12.6 Å². The van der Waals surface area contributed by atoms with E-state index >= 15 is 0 Å². The topological polar surface area (TPSA) is 128 Å². The number of nitrogen functional groups attached to an aromatic ring is 1. The summed E-state index contributed by atoms with van der Waals surface area (Å²) in [6, 6.07) is 3.79. The Morgan fingerprint density at radius 3 is 2.86 bits per heavy atom. The Kier molecular flexibility index (Phi) is 6.05. The number of unbranched alkanes of at least 4 members (excludes halogenated alkanes) is 1. The van der Waals surface area contributed by atoms with Crippen LogP contribution < -0.4 is 15.8 Å². The number of nitrogens with zero attached hydrogens (tertiary/aromatic N) is 4. The molecule has 4 N–H and O–H groups in total. The first-order chi connectivity index (χ1) is 13.9. The molecule has 0 aliphatic rings. The zero-order chi connectivity index (χ0) is 21.0. The van der Waals surface area contributed by atoms with Gasteiger partial charge in [-0.05, 0) is 18.6 Å². The van der Waals surface area contributed by atoms with E-state index < -0.39 is 12.6 Å². The number of anilines is 2. The zero-order valence-electron chi connectivity index (χ0n) is 15.6. The molecule has 0 atom stereocenters. The molecule has 3 aromatic rings. The smallest absolute Gasteiger partial charge is 0.387 e. The van der Waals surface area contributed by atoms with Crippen LogP contribution in [0.15, 0.2) is 24.4 Å². The highest BCUT2D eigenvalue weighted by molar-refractivity contribution is 5.88. The normalized spacial score (nSPS) is 11.2. The van der Waals surface area contributed by atoms with Gasteiger partial charge in [0, 0.05) is 12.1 Å². The summed E-state index contributed by atoms with van der Waals surface area (Å²) in [7, 11) is 0. The lowest BCUT2D eigenvalue weighted by atomic mass is 10.1. The minimum Gasteiger partial charge on any atom is -0.478 e. The first-order valence-electron chi connectivity index (χ1n) is 8.93. The molecule has 0 amide bonds. The average molecular weight is 406 g/mol. The quantitative estimate of drug-likeness (QED) is 0.463. The largest absolute Gasteiger partial charge is 0.478 e. The monoisotopic (exact) mass is 406 g/mol. The van der Waals surface area contributed by atoms with E-state index in [-0.39, 0.29) is 23.8 Å². The number of carbonyl (C=O) groups is 1. The Balaban J connectivity index is 2.00. The minimum atomic E-state index is -3.10. The number of alkyl halides is 2. The van der Waals surface area contributed by atoms with E-state index in [2.05, 4.69) is 32.0 Å². The molecule has 0 aliphatic heterocycles. The predicted octanol–water partition coefficient (Wildman–Crippen LogP) is 2.97. The molecule has 0 saturated heterocycles. The SMILES string of the molecule is CCCCNc1nc(N)nc2cnn(Cc3ccc(C(=O)O)cc3OC(F)F)c12. The summed E-state index contributed by atoms with van der Waals surface area (Å²) in [4.78, 5) is 19.5. The minimum absolute atomic E-state index is 0.0428. The highest BCUT2D eigenvalue weighted by Gasteiger charge is 2.17. The van der Waals surface area contributed by atoms with Gasteiger partial charge in [0.25, 0.3) is 0 Å². The molecule has 2 heterocycles. The highest BCUT2D eigenvalue weighted by Crippen LogP contribution is 2.27. The summed E-state index contributed by atoms with van der Waals surface area (Å²) in [5, 5.41) is 16.5. The Morgan fingerprint density at radius 2 is 2.17 bits per heavy atom. The number of aromatic carboxylic acids is 1. The summed E-state index contributed by atoms with van der Waals surface area (Å²) in [6.45, 7) is -0.329. The van der Waals surface area contributed by atoms with Gasteiger partial charge in [0.2, 0.25) is 5.95 Å². The summed E-state index contributed by atoms with van der Waals surface area (Å²) < 4.78 is 31.7. The second-order valence-electron chi connectivity index (χ2n) is 6.25. The molecule has 0 saturated carbocycles. The fourth-order valence-corrected chi connectivity index (χ4v) is 2.83. The van der Waals surface area contributed by atoms with Crippen LogP contribution in [0, 0.1) is 0 Å². The number of nitrogens with two attached hydrogens (primary N) is 1. The van der Waals surface area contributed by atoms with E-state index in [1.807, 2.05) is 0 Å². The van der Waals surface area contributed by atoms with Gasteiger partial charge < -0.3 is 20.9 Å². The number of rotatable bonds is 9. The van der Waals surface area contributed by atoms with E-state index in [0.717, 1.165) is 18.9 Å². The van der Waals surface area contributed by atoms with Crippen molar-refractivity contribution < 1.29 is 23.4 Å². The van der Waals surface area contributed by atoms with Crippen molar-refractivity contribution in [3.63, 3.8) is 0 Å². The van der Waals surface area contributed by atoms with Crippen molar-refractivity contribution in [2.24, 2.45) is 0 Å². The number of halogens is 2. The van der Waals surface area contributed by atoms with Crippen molar-refractivity contribution in [3.8, 4) is 5.75 Å². The molecule has 29 heavy (non-hydrogen) atoms. The van der Waals surface area contributed by atoms with E-state index in [9.17, 15) is 13.6 Å². The molecule has 9 nitrogen and oxygen atoms in total. The van der Waals surface area contributed by atoms with E-state index in [0.29, 0.717) is 29.0 Å². The number of nitrogens with one attached hydrogen (secondary N) is 1. The lowest BCUT2D eigenvalue weighted by Gasteiger charge is -2.13. The molecule has 0 unspecified atom stereocenters. The Bertz CT molecular complexity index is 1020. The van der Waals surface area contributed by atoms with Crippen molar-refractivity contribution in [1.29, 1.82) is 0 Å². The Labute approximate surface area is 164 Å². The third-order valence-corrected chi connectivity index (χ3v) is 4.18. The number of carboxylic acids is 1. The molecule has 0 bridgehead atoms. The summed E-state index contributed by atoms with van der Waals surface area (Å²) in [5.41, 5.74) is 6.98. The lowest BCUT2D eigenvalue weighted by Crippen LogP contribution is -2.12. The van der Waals surface area contributed by atoms with Gasteiger partial charge in [-0.2, -0.15) is 18.9 Å². The molecule has 0 fully saturated rings. The van der Waals surface area contributed by atoms with Gasteiger partial charge in [-0.1, -0.05) is 19.4 Å². The molecular formula is C18H20F2N6O3. The van der Waals surface area contributed by atoms with Crippen LogP contribution in [0.4, 0.5) is 20.5 Å². The van der Waals surface area contributed by atoms with Gasteiger partial charge in [0.15, 0.2) is 5.82 Å². The lowest BCUT2D eigenvalue weighted by molar-refractivity contribution is -0.0505. The van der Waals surface area contributed by atoms with Crippen LogP contribution in [0.2, 0.25) is 0 Å². The number of hydrogen-bond acceptors (Lipinski definition) is 7. The molecule has 2 aromatic heterocycles. The van der Waals surface area contributed by atoms with Crippen LogP contribution in [-0.4, -0.2) is 44.0 Å². The highest BCUT2D eigenvalue weighted by atomic mass is 19.3. The summed E-state index contributed by atoms with van der Waals surface area (Å²) in [5.74, 6) is -0.910. The third kappa shape index (κ3) is 4.68. The van der Waals surface area contributed by atoms with Crippen molar-refractivity contribution in [1.82, 2.24) is 19.7 Å². The Hall–Kier alpha value is -3.50. The maximum absolute atomic E-state index is 12.8. The third-order valence-electron chi connectivity index (χ3n) is 4.18. The van der Waals surface area contributed by atoms with E-state index in [4.69, 9.17) is 10.8 Å². The van der Waals surface area contributed by atoms with Gasteiger partial charge in [0.05, 0.1) is 18.3 Å². The number of fused-ring (bicyclic) bond motifs is 1. The van der Waals surface area contributed by atoms with Gasteiger partial charge in [-0.3, -0.25) is 4.68 Å². The van der Waals surface area contributed by atoms with Crippen molar-refractivity contribution >= 4 is 28.8 Å². The molecule has 0 aliphatic carbocycles. The van der Waals surface area contributed by atoms with Crippen molar-refractivity contribution in [2.45, 2.75) is 32.9 Å². The van der Waals surface area contributed by atoms with Crippen LogP contribution in [0.25, 0.3) is 11.0 Å². The van der Waals surface area contributed by atoms with Crippen molar-refractivity contribution in [2.75, 3.05) is 17.6 Å². The molecule has 154 valence electrons. The van der Waals surface area contributed by atoms with E-state index in [1.165, 1.54) is 23.0 Å². The number of aromatic nitrogens is 4. The fourth-order valence-electron chi connectivity index (χ4n) is 2.83. The second-order valence-corrected chi connectivity index (χ2v) is 6.25. The number of benzene rings is 1. The van der Waals surface area contributed by atoms with Gasteiger partial charge in [-0.25, -0.2) is 9.78 Å². The van der Waals surface area contributed by atoms with E-state index in [1.54, 1.807) is 0 Å². The van der Waals surface area contributed by atoms with Gasteiger partial charge in [-0.15, -0.1) is 0 Å². The number of hydrogen-bond donors (Lipinski definition) is 3. The first-order valence-corrected chi connectivity index (χ1v) is 8.93. The second kappa shape index (κ2) is 8.67. The molecule has 3 rings (SSSR count). The molecule has 0 spiro atoms. The van der Waals surface area contributed by atoms with Gasteiger partial charge in [0.1, 0.15) is 16.8 Å². The Morgan fingerprint density at radius 1 is 1.38 bits per heavy atom. The predicted molar refractivity (Wildman–Crippen MR) is 102 cm³/mol. The van der Waals surface area contributed by atoms with Crippen LogP contribution in [-0.2, 0) is 6.54 Å². The standard InChI is InChI=1S/C18H20F2N6O3/c1-2-3-6-22-15-14-12(24-18(21)25-15)8-23-26(14)9-11-5-4-10(16(27)28)7-13(11)29-17(19)20/h4-5,7-8,17H,2-3,6,9H2,1H3,(H,27,28)(H3,21,22,24,25). The average Bonchev–Trinajstić information content (AvgIpc) is 3.05.